The molecular formula is C9H14BrNOS. The molecule has 4 heteroatoms. The van der Waals surface area contributed by atoms with E-state index < -0.39 is 0 Å². The molecule has 1 fully saturated rings. The van der Waals surface area contributed by atoms with Gasteiger partial charge in [0.25, 0.3) is 0 Å². The third-order valence-corrected chi connectivity index (χ3v) is 2.89. The minimum atomic E-state index is 0.00810. The van der Waals surface area contributed by atoms with Gasteiger partial charge in [-0.2, -0.15) is 12.6 Å². The second-order valence-corrected chi connectivity index (χ2v) is 4.39. The van der Waals surface area contributed by atoms with Crippen LogP contribution in [0.5, 0.6) is 0 Å². The number of hydrogen-bond donors (Lipinski definition) is 2. The zero-order valence-corrected chi connectivity index (χ0v) is 10.1. The quantitative estimate of drug-likeness (QED) is 0.712. The predicted octanol–water partition coefficient (Wildman–Crippen LogP) is 2.22. The molecule has 1 unspecified atom stereocenters. The van der Waals surface area contributed by atoms with Crippen molar-refractivity contribution in [2.45, 2.75) is 19.4 Å². The van der Waals surface area contributed by atoms with Crippen LogP contribution < -0.4 is 5.73 Å². The number of ether oxygens (including phenoxy) is 1. The smallest absolute Gasteiger partial charge is 0.0955 e. The maximum atomic E-state index is 5.59. The first-order chi connectivity index (χ1) is 6.20. The van der Waals surface area contributed by atoms with Crippen LogP contribution in [0.3, 0.4) is 0 Å². The lowest BCUT2D eigenvalue weighted by Gasteiger charge is -2.27. The van der Waals surface area contributed by atoms with Crippen molar-refractivity contribution in [3.8, 4) is 0 Å². The minimum absolute atomic E-state index is 0.00810. The van der Waals surface area contributed by atoms with Gasteiger partial charge in [-0.25, -0.2) is 0 Å². The molecule has 0 aromatic rings. The van der Waals surface area contributed by atoms with E-state index in [1.54, 1.807) is 5.41 Å². The Hall–Kier alpha value is 0.230. The molecule has 0 aliphatic carbocycles. The molecule has 13 heavy (non-hydrogen) atoms. The summed E-state index contributed by atoms with van der Waals surface area (Å²) in [6.07, 6.45) is 0.939. The molecule has 0 saturated carbocycles. The summed E-state index contributed by atoms with van der Waals surface area (Å²) in [5, 5.41) is 1.79. The maximum absolute atomic E-state index is 5.59. The first kappa shape index (κ1) is 11.3. The van der Waals surface area contributed by atoms with E-state index in [0.29, 0.717) is 6.54 Å². The van der Waals surface area contributed by atoms with Gasteiger partial charge in [0.2, 0.25) is 0 Å². The summed E-state index contributed by atoms with van der Waals surface area (Å²) in [6, 6.07) is 0. The van der Waals surface area contributed by atoms with Crippen molar-refractivity contribution < 1.29 is 4.74 Å². The van der Waals surface area contributed by atoms with Crippen LogP contribution in [-0.2, 0) is 4.74 Å². The molecule has 0 radical (unpaired) electrons. The number of hydrogen-bond acceptors (Lipinski definition) is 3. The first-order valence-electron chi connectivity index (χ1n) is 4.22. The third kappa shape index (κ3) is 2.59. The van der Waals surface area contributed by atoms with Crippen LogP contribution in [0.15, 0.2) is 21.0 Å². The van der Waals surface area contributed by atoms with E-state index in [9.17, 15) is 0 Å². The van der Waals surface area contributed by atoms with Gasteiger partial charge < -0.3 is 10.5 Å². The monoisotopic (exact) mass is 263 g/mol. The lowest BCUT2D eigenvalue weighted by Crippen LogP contribution is -2.31. The molecule has 1 saturated heterocycles. The van der Waals surface area contributed by atoms with E-state index in [4.69, 9.17) is 10.5 Å². The number of halogens is 1. The molecule has 1 atom stereocenters. The fourth-order valence-electron chi connectivity index (χ4n) is 1.46. The Morgan fingerprint density at radius 3 is 3.00 bits per heavy atom. The number of allylic oxidation sites excluding steroid dienone is 1. The molecule has 0 amide bonds. The van der Waals surface area contributed by atoms with E-state index in [1.807, 2.05) is 6.92 Å². The Morgan fingerprint density at radius 1 is 1.85 bits per heavy atom. The molecule has 74 valence electrons. The van der Waals surface area contributed by atoms with E-state index in [1.165, 1.54) is 5.57 Å². The summed E-state index contributed by atoms with van der Waals surface area (Å²) >= 11 is 7.66. The molecular weight excluding hydrogens is 250 g/mol. The van der Waals surface area contributed by atoms with Gasteiger partial charge in [0.05, 0.1) is 12.7 Å². The van der Waals surface area contributed by atoms with Gasteiger partial charge in [0, 0.05) is 6.54 Å². The van der Waals surface area contributed by atoms with Crippen LogP contribution in [-0.4, -0.2) is 19.3 Å². The lowest BCUT2D eigenvalue weighted by molar-refractivity contribution is 0.0727. The van der Waals surface area contributed by atoms with E-state index in [-0.39, 0.29) is 6.10 Å². The van der Waals surface area contributed by atoms with Crippen molar-refractivity contribution in [2.24, 2.45) is 5.73 Å². The van der Waals surface area contributed by atoms with Crippen molar-refractivity contribution in [1.82, 2.24) is 0 Å². The number of nitrogens with two attached hydrogens (primary N) is 1. The summed E-state index contributed by atoms with van der Waals surface area (Å²) in [6.45, 7) is 3.28. The Labute approximate surface area is 92.7 Å². The van der Waals surface area contributed by atoms with Crippen molar-refractivity contribution in [1.29, 1.82) is 0 Å². The predicted molar refractivity (Wildman–Crippen MR) is 62.1 cm³/mol. The molecule has 0 aromatic carbocycles. The standard InChI is InChI=1S/C9H14BrNOS/c1-6(10)7-2-3-12-9(4-11)8(7)5-13/h5,9,13H,2-4,11H2,1H3/b7-6+,8-5+. The van der Waals surface area contributed by atoms with Crippen LogP contribution in [0.2, 0.25) is 0 Å². The van der Waals surface area contributed by atoms with Gasteiger partial charge in [-0.15, -0.1) is 0 Å². The zero-order valence-electron chi connectivity index (χ0n) is 7.59. The molecule has 1 aliphatic rings. The van der Waals surface area contributed by atoms with E-state index >= 15 is 0 Å². The summed E-state index contributed by atoms with van der Waals surface area (Å²) in [7, 11) is 0. The van der Waals surface area contributed by atoms with Gasteiger partial charge in [0.1, 0.15) is 0 Å². The summed E-state index contributed by atoms with van der Waals surface area (Å²) in [5.74, 6) is 0. The van der Waals surface area contributed by atoms with Crippen molar-refractivity contribution in [3.63, 3.8) is 0 Å². The molecule has 1 rings (SSSR count). The summed E-state index contributed by atoms with van der Waals surface area (Å²) in [4.78, 5) is 0. The lowest BCUT2D eigenvalue weighted by atomic mass is 9.97. The molecule has 1 aliphatic heterocycles. The molecule has 1 heterocycles. The zero-order chi connectivity index (χ0) is 9.84. The molecule has 0 aromatic heterocycles. The highest BCUT2D eigenvalue weighted by molar-refractivity contribution is 9.11. The van der Waals surface area contributed by atoms with Gasteiger partial charge in [-0.3, -0.25) is 0 Å². The molecule has 2 N–H and O–H groups in total. The third-order valence-electron chi connectivity index (χ3n) is 2.14. The van der Waals surface area contributed by atoms with E-state index in [0.717, 1.165) is 23.1 Å². The fourth-order valence-corrected chi connectivity index (χ4v) is 2.21. The molecule has 0 spiro atoms. The largest absolute Gasteiger partial charge is 0.372 e. The molecule has 0 bridgehead atoms. The second kappa shape index (κ2) is 5.20. The second-order valence-electron chi connectivity index (χ2n) is 2.94. The Kier molecular flexibility index (Phi) is 4.52. The highest BCUT2D eigenvalue weighted by Crippen LogP contribution is 2.30. The maximum Gasteiger partial charge on any atom is 0.0955 e. The fraction of sp³-hybridized carbons (Fsp3) is 0.556. The Morgan fingerprint density at radius 2 is 2.54 bits per heavy atom. The van der Waals surface area contributed by atoms with Gasteiger partial charge in [-0.05, 0) is 34.4 Å². The van der Waals surface area contributed by atoms with Crippen molar-refractivity contribution in [3.05, 3.63) is 21.0 Å². The normalized spacial score (nSPS) is 30.8. The average Bonchev–Trinajstić information content (AvgIpc) is 2.16. The number of thiol groups is 1. The van der Waals surface area contributed by atoms with Crippen molar-refractivity contribution in [2.75, 3.05) is 13.2 Å². The first-order valence-corrected chi connectivity index (χ1v) is 5.53. The average molecular weight is 264 g/mol. The van der Waals surface area contributed by atoms with Crippen LogP contribution in [0.25, 0.3) is 0 Å². The summed E-state index contributed by atoms with van der Waals surface area (Å²) < 4.78 is 6.66. The van der Waals surface area contributed by atoms with Crippen LogP contribution in [0, 0.1) is 0 Å². The topological polar surface area (TPSA) is 35.2 Å². The molecule has 2 nitrogen and oxygen atoms in total. The highest BCUT2D eigenvalue weighted by Gasteiger charge is 2.22. The van der Waals surface area contributed by atoms with Crippen molar-refractivity contribution >= 4 is 28.6 Å². The summed E-state index contributed by atoms with van der Waals surface area (Å²) in [5.41, 5.74) is 7.97. The Balaban J connectivity index is 2.94. The SMILES string of the molecule is C/C(Br)=C1/CCOC(CN)/C1=C/S. The Bertz CT molecular complexity index is 246. The van der Waals surface area contributed by atoms with Gasteiger partial charge in [0.15, 0.2) is 0 Å². The van der Waals surface area contributed by atoms with Crippen LogP contribution in [0.4, 0.5) is 0 Å². The van der Waals surface area contributed by atoms with Gasteiger partial charge in [-0.1, -0.05) is 15.9 Å². The minimum Gasteiger partial charge on any atom is -0.372 e. The van der Waals surface area contributed by atoms with Crippen LogP contribution >= 0.6 is 28.6 Å². The highest BCUT2D eigenvalue weighted by atomic mass is 79.9. The van der Waals surface area contributed by atoms with Gasteiger partial charge >= 0.3 is 0 Å². The van der Waals surface area contributed by atoms with Crippen LogP contribution in [0.1, 0.15) is 13.3 Å². The number of rotatable bonds is 1. The van der Waals surface area contributed by atoms with E-state index in [2.05, 4.69) is 28.6 Å².